The number of nitrogens with zero attached hydrogens (tertiary/aromatic N) is 2. The lowest BCUT2D eigenvalue weighted by Crippen LogP contribution is -2.41. The number of amides is 1. The van der Waals surface area contributed by atoms with Crippen LogP contribution in [0.15, 0.2) is 35.3 Å². The molecule has 1 aromatic heterocycles. The van der Waals surface area contributed by atoms with E-state index >= 15 is 8.78 Å². The predicted octanol–water partition coefficient (Wildman–Crippen LogP) is 8.35. The van der Waals surface area contributed by atoms with Crippen LogP contribution in [-0.4, -0.2) is 47.1 Å². The molecule has 2 N–H and O–H groups in total. The summed E-state index contributed by atoms with van der Waals surface area (Å²) < 4.78 is 118. The molecular weight excluding hydrogens is 702 g/mol. The average molecular weight is 744 g/mol. The minimum atomic E-state index is -5.37. The quantitative estimate of drug-likeness (QED) is 0.172. The number of benzene rings is 2. The molecule has 2 aromatic carbocycles. The van der Waals surface area contributed by atoms with Crippen LogP contribution in [0.4, 0.5) is 35.1 Å². The summed E-state index contributed by atoms with van der Waals surface area (Å²) >= 11 is 0. The molecule has 15 heteroatoms. The number of carboxylic acids is 1. The summed E-state index contributed by atoms with van der Waals surface area (Å²) in [5, 5.41) is 11.9. The van der Waals surface area contributed by atoms with Crippen molar-refractivity contribution >= 4 is 11.9 Å². The fourth-order valence-corrected chi connectivity index (χ4v) is 6.53. The van der Waals surface area contributed by atoms with Gasteiger partial charge in [0.15, 0.2) is 0 Å². The molecule has 0 aliphatic heterocycles. The summed E-state index contributed by atoms with van der Waals surface area (Å²) in [5.41, 5.74) is -4.96. The zero-order valence-corrected chi connectivity index (χ0v) is 29.5. The SMILES string of the molecule is Cc1cc(C2CC2)cc(C)c1-c1cc(C(F)(F)F)c(F)c([C@H](CC(=O)O)NC(=O)C(CC(C)C)n2cc(CCN(C)C)c(C(F)(F)F)cc2=O)c1F. The van der Waals surface area contributed by atoms with Crippen molar-refractivity contribution < 1.29 is 49.8 Å². The molecule has 0 radical (unpaired) electrons. The third kappa shape index (κ3) is 9.20. The molecule has 2 atom stereocenters. The maximum absolute atomic E-state index is 16.6. The number of carboxylic acid groups (broad SMARTS) is 1. The van der Waals surface area contributed by atoms with Crippen LogP contribution in [0.5, 0.6) is 0 Å². The second kappa shape index (κ2) is 15.4. The molecule has 0 saturated heterocycles. The van der Waals surface area contributed by atoms with Crippen molar-refractivity contribution in [1.82, 2.24) is 14.8 Å². The maximum Gasteiger partial charge on any atom is 0.419 e. The van der Waals surface area contributed by atoms with Gasteiger partial charge in [-0.05, 0) is 99.3 Å². The van der Waals surface area contributed by atoms with Gasteiger partial charge in [0, 0.05) is 29.9 Å². The molecule has 1 saturated carbocycles. The lowest BCUT2D eigenvalue weighted by Gasteiger charge is -2.27. The van der Waals surface area contributed by atoms with Gasteiger partial charge in [-0.2, -0.15) is 26.3 Å². The van der Waals surface area contributed by atoms with Crippen LogP contribution in [-0.2, 0) is 28.4 Å². The van der Waals surface area contributed by atoms with E-state index in [1.165, 1.54) is 0 Å². The topological polar surface area (TPSA) is 91.6 Å². The van der Waals surface area contributed by atoms with Gasteiger partial charge in [0.2, 0.25) is 5.91 Å². The van der Waals surface area contributed by atoms with Crippen molar-refractivity contribution in [3.8, 4) is 11.1 Å². The second-order valence-corrected chi connectivity index (χ2v) is 14.1. The van der Waals surface area contributed by atoms with E-state index in [-0.39, 0.29) is 36.4 Å². The Kier molecular flexibility index (Phi) is 12.0. The highest BCUT2D eigenvalue weighted by Crippen LogP contribution is 2.45. The Labute approximate surface area is 295 Å². The number of alkyl halides is 6. The van der Waals surface area contributed by atoms with Gasteiger partial charge in [-0.1, -0.05) is 26.0 Å². The number of pyridine rings is 1. The predicted molar refractivity (Wildman–Crippen MR) is 178 cm³/mol. The number of aliphatic carboxylic acids is 1. The standard InChI is InChI=1S/C37H41F8N3O4/c1-18(2)11-28(48-17-22(9-10-47(5)6)25(15-29(48)49)36(40,41)42)35(52)46-27(16-30(50)51)32-33(38)24(14-26(34(32)39)37(43,44)45)31-19(3)12-23(13-20(31)4)21-7-8-21/h12-15,17-18,21,27-28H,7-11,16H2,1-6H3,(H,46,52)(H,50,51)/t27-,28?/m0/s1. The van der Waals surface area contributed by atoms with E-state index in [1.807, 2.05) is 0 Å². The average Bonchev–Trinajstić information content (AvgIpc) is 3.84. The molecular formula is C37H41F8N3O4. The van der Waals surface area contributed by atoms with Gasteiger partial charge in [-0.15, -0.1) is 0 Å². The number of aryl methyl sites for hydroxylation is 2. The second-order valence-electron chi connectivity index (χ2n) is 14.1. The minimum Gasteiger partial charge on any atom is -0.481 e. The highest BCUT2D eigenvalue weighted by atomic mass is 19.4. The number of nitrogens with one attached hydrogen (secondary N) is 1. The fourth-order valence-electron chi connectivity index (χ4n) is 6.53. The maximum atomic E-state index is 16.6. The number of aromatic nitrogens is 1. The molecule has 1 fully saturated rings. The molecule has 1 amide bonds. The number of likely N-dealkylation sites (N-methyl/N-ethyl adjacent to an activating group) is 1. The van der Waals surface area contributed by atoms with E-state index in [1.54, 1.807) is 58.8 Å². The third-order valence-corrected chi connectivity index (χ3v) is 9.09. The number of halogens is 8. The van der Waals surface area contributed by atoms with Crippen molar-refractivity contribution in [1.29, 1.82) is 0 Å². The van der Waals surface area contributed by atoms with Crippen LogP contribution in [0, 0.1) is 31.4 Å². The van der Waals surface area contributed by atoms with Gasteiger partial charge in [0.1, 0.15) is 17.7 Å². The van der Waals surface area contributed by atoms with Crippen molar-refractivity contribution in [2.24, 2.45) is 5.92 Å². The van der Waals surface area contributed by atoms with Crippen LogP contribution < -0.4 is 10.9 Å². The molecule has 1 aliphatic carbocycles. The zero-order chi connectivity index (χ0) is 39.0. The molecule has 1 aliphatic rings. The van der Waals surface area contributed by atoms with Crippen molar-refractivity contribution in [3.63, 3.8) is 0 Å². The van der Waals surface area contributed by atoms with E-state index in [0.717, 1.165) is 29.2 Å². The number of rotatable bonds is 13. The number of hydrogen-bond acceptors (Lipinski definition) is 4. The van der Waals surface area contributed by atoms with E-state index in [9.17, 15) is 45.8 Å². The summed E-state index contributed by atoms with van der Waals surface area (Å²) in [7, 11) is 3.23. The Bertz CT molecular complexity index is 1870. The molecule has 0 spiro atoms. The highest BCUT2D eigenvalue weighted by Gasteiger charge is 2.41. The number of hydrogen-bond donors (Lipinski definition) is 2. The summed E-state index contributed by atoms with van der Waals surface area (Å²) in [6.07, 6.45) is -9.28. The van der Waals surface area contributed by atoms with Crippen LogP contribution in [0.25, 0.3) is 11.1 Å². The largest absolute Gasteiger partial charge is 0.481 e. The molecule has 284 valence electrons. The molecule has 7 nitrogen and oxygen atoms in total. The normalized spacial score (nSPS) is 14.9. The van der Waals surface area contributed by atoms with E-state index in [0.29, 0.717) is 23.3 Å². The Morgan fingerprint density at radius 3 is 2.00 bits per heavy atom. The lowest BCUT2D eigenvalue weighted by atomic mass is 9.87. The van der Waals surface area contributed by atoms with Crippen LogP contribution >= 0.6 is 0 Å². The molecule has 52 heavy (non-hydrogen) atoms. The van der Waals surface area contributed by atoms with E-state index in [4.69, 9.17) is 0 Å². The van der Waals surface area contributed by atoms with Crippen molar-refractivity contribution in [2.75, 3.05) is 20.6 Å². The molecule has 4 rings (SSSR count). The van der Waals surface area contributed by atoms with Crippen LogP contribution in [0.1, 0.15) is 96.5 Å². The van der Waals surface area contributed by atoms with E-state index in [2.05, 4.69) is 5.32 Å². The van der Waals surface area contributed by atoms with Gasteiger partial charge in [-0.3, -0.25) is 14.4 Å². The minimum absolute atomic E-state index is 0.0355. The van der Waals surface area contributed by atoms with Gasteiger partial charge >= 0.3 is 18.3 Å². The summed E-state index contributed by atoms with van der Waals surface area (Å²) in [6, 6.07) is 0.191. The highest BCUT2D eigenvalue weighted by molar-refractivity contribution is 5.82. The summed E-state index contributed by atoms with van der Waals surface area (Å²) in [6.45, 7) is 6.49. The molecule has 1 heterocycles. The zero-order valence-electron chi connectivity index (χ0n) is 29.5. The summed E-state index contributed by atoms with van der Waals surface area (Å²) in [5.74, 6) is -6.79. The number of carbonyl (C=O) groups excluding carboxylic acids is 1. The lowest BCUT2D eigenvalue weighted by molar-refractivity contribution is -0.140. The monoisotopic (exact) mass is 743 g/mol. The Hall–Kier alpha value is -4.27. The Morgan fingerprint density at radius 1 is 0.942 bits per heavy atom. The van der Waals surface area contributed by atoms with Crippen molar-refractivity contribution in [2.45, 2.75) is 90.2 Å². The first-order valence-corrected chi connectivity index (χ1v) is 16.7. The fraction of sp³-hybridized carbons (Fsp3) is 0.486. The number of carbonyl (C=O) groups is 2. The first-order chi connectivity index (χ1) is 24.0. The first-order valence-electron chi connectivity index (χ1n) is 16.7. The summed E-state index contributed by atoms with van der Waals surface area (Å²) in [4.78, 5) is 40.8. The van der Waals surface area contributed by atoms with Gasteiger partial charge < -0.3 is 19.9 Å². The van der Waals surface area contributed by atoms with Crippen LogP contribution in [0.2, 0.25) is 0 Å². The third-order valence-electron chi connectivity index (χ3n) is 9.09. The smallest absolute Gasteiger partial charge is 0.419 e. The molecule has 3 aromatic rings. The van der Waals surface area contributed by atoms with E-state index < -0.39 is 88.1 Å². The Morgan fingerprint density at radius 2 is 1.52 bits per heavy atom. The van der Waals surface area contributed by atoms with Gasteiger partial charge in [0.25, 0.3) is 5.56 Å². The van der Waals surface area contributed by atoms with Crippen LogP contribution in [0.3, 0.4) is 0 Å². The molecule has 1 unspecified atom stereocenters. The van der Waals surface area contributed by atoms with Gasteiger partial charge in [0.05, 0.1) is 23.6 Å². The molecule has 0 bridgehead atoms. The van der Waals surface area contributed by atoms with Gasteiger partial charge in [-0.25, -0.2) is 8.78 Å². The first kappa shape index (κ1) is 40.5. The van der Waals surface area contributed by atoms with Crippen molar-refractivity contribution in [3.05, 3.63) is 91.4 Å². The Balaban J connectivity index is 1.90.